The number of rotatable bonds is 5. The lowest BCUT2D eigenvalue weighted by molar-refractivity contribution is 0.383. The van der Waals surface area contributed by atoms with Gasteiger partial charge in [-0.25, -0.2) is 4.79 Å². The van der Waals surface area contributed by atoms with Gasteiger partial charge in [0.2, 0.25) is 6.08 Å². The molecule has 1 fully saturated rings. The maximum Gasteiger partial charge on any atom is 0.235 e. The highest BCUT2D eigenvalue weighted by atomic mass is 16.5. The third kappa shape index (κ3) is 2.36. The Hall–Kier alpha value is -1.80. The number of aliphatic imine (C=N–C) groups is 1. The number of benzene rings is 1. The van der Waals surface area contributed by atoms with Gasteiger partial charge in [0.15, 0.2) is 0 Å². The van der Waals surface area contributed by atoms with Crippen LogP contribution < -0.4 is 9.47 Å². The Morgan fingerprint density at radius 1 is 1.21 bits per heavy atom. The van der Waals surface area contributed by atoms with Gasteiger partial charge in [0.05, 0.1) is 14.2 Å². The minimum atomic E-state index is -0.428. The third-order valence-electron chi connectivity index (χ3n) is 3.66. The lowest BCUT2D eigenvalue weighted by Crippen LogP contribution is -2.08. The summed E-state index contributed by atoms with van der Waals surface area (Å²) in [7, 11) is 3.27. The SMILES string of the molecule is COc1cc(OC)c(C2(N=C=O)CC2)cc1C(C)C. The molecule has 1 aliphatic carbocycles. The highest BCUT2D eigenvalue weighted by molar-refractivity contribution is 5.54. The summed E-state index contributed by atoms with van der Waals surface area (Å²) in [6.07, 6.45) is 3.41. The molecule has 102 valence electrons. The second kappa shape index (κ2) is 5.06. The summed E-state index contributed by atoms with van der Waals surface area (Å²) < 4.78 is 10.8. The number of isocyanates is 1. The number of ether oxygens (including phenoxy) is 2. The van der Waals surface area contributed by atoms with Crippen LogP contribution in [0.3, 0.4) is 0 Å². The van der Waals surface area contributed by atoms with Gasteiger partial charge >= 0.3 is 0 Å². The van der Waals surface area contributed by atoms with Gasteiger partial charge in [-0.1, -0.05) is 13.8 Å². The molecule has 0 atom stereocenters. The summed E-state index contributed by atoms with van der Waals surface area (Å²) in [5, 5.41) is 0. The van der Waals surface area contributed by atoms with E-state index in [2.05, 4.69) is 24.9 Å². The Labute approximate surface area is 113 Å². The summed E-state index contributed by atoms with van der Waals surface area (Å²) in [5.41, 5.74) is 1.64. The van der Waals surface area contributed by atoms with Crippen molar-refractivity contribution in [1.29, 1.82) is 0 Å². The van der Waals surface area contributed by atoms with E-state index in [9.17, 15) is 4.79 Å². The first-order valence-corrected chi connectivity index (χ1v) is 6.43. The van der Waals surface area contributed by atoms with Gasteiger partial charge in [-0.15, -0.1) is 0 Å². The fraction of sp³-hybridized carbons (Fsp3) is 0.533. The van der Waals surface area contributed by atoms with Crippen LogP contribution in [0.15, 0.2) is 17.1 Å². The predicted octanol–water partition coefficient (Wildman–Crippen LogP) is 3.15. The van der Waals surface area contributed by atoms with Crippen molar-refractivity contribution in [2.24, 2.45) is 4.99 Å². The fourth-order valence-electron chi connectivity index (χ4n) is 2.39. The van der Waals surface area contributed by atoms with E-state index < -0.39 is 5.54 Å². The largest absolute Gasteiger partial charge is 0.496 e. The summed E-state index contributed by atoms with van der Waals surface area (Å²) >= 11 is 0. The molecule has 0 radical (unpaired) electrons. The van der Waals surface area contributed by atoms with Gasteiger partial charge in [0.25, 0.3) is 0 Å². The zero-order valence-electron chi connectivity index (χ0n) is 11.8. The average Bonchev–Trinajstić information content (AvgIpc) is 3.18. The Morgan fingerprint density at radius 3 is 2.26 bits per heavy atom. The molecule has 0 spiro atoms. The zero-order chi connectivity index (χ0) is 14.0. The first-order chi connectivity index (χ1) is 9.07. The molecule has 0 unspecified atom stereocenters. The number of carbonyl (C=O) groups excluding carboxylic acids is 1. The molecule has 0 saturated heterocycles. The van der Waals surface area contributed by atoms with Crippen molar-refractivity contribution >= 4 is 6.08 Å². The van der Waals surface area contributed by atoms with Crippen LogP contribution in [0.4, 0.5) is 0 Å². The van der Waals surface area contributed by atoms with Gasteiger partial charge in [0.1, 0.15) is 17.0 Å². The molecule has 0 amide bonds. The number of hydrogen-bond donors (Lipinski definition) is 0. The Balaban J connectivity index is 2.60. The van der Waals surface area contributed by atoms with Crippen LogP contribution in [0.5, 0.6) is 11.5 Å². The second-order valence-corrected chi connectivity index (χ2v) is 5.18. The minimum Gasteiger partial charge on any atom is -0.496 e. The standard InChI is InChI=1S/C15H19NO3/c1-10(2)11-7-12(15(5-6-15)16-9-17)14(19-4)8-13(11)18-3/h7-8,10H,5-6H2,1-4H3. The van der Waals surface area contributed by atoms with E-state index in [1.54, 1.807) is 20.3 Å². The van der Waals surface area contributed by atoms with Crippen molar-refractivity contribution in [2.75, 3.05) is 14.2 Å². The van der Waals surface area contributed by atoms with Crippen molar-refractivity contribution in [3.05, 3.63) is 23.3 Å². The molecule has 0 heterocycles. The quantitative estimate of drug-likeness (QED) is 0.604. The zero-order valence-corrected chi connectivity index (χ0v) is 11.8. The van der Waals surface area contributed by atoms with Crippen molar-refractivity contribution in [3.63, 3.8) is 0 Å². The lowest BCUT2D eigenvalue weighted by Gasteiger charge is -2.19. The lowest BCUT2D eigenvalue weighted by atomic mass is 9.94. The minimum absolute atomic E-state index is 0.329. The molecule has 4 heteroatoms. The highest BCUT2D eigenvalue weighted by Crippen LogP contribution is 2.53. The average molecular weight is 261 g/mol. The Bertz CT molecular complexity index is 526. The van der Waals surface area contributed by atoms with Crippen molar-refractivity contribution in [2.45, 2.75) is 38.1 Å². The highest BCUT2D eigenvalue weighted by Gasteiger charge is 2.47. The van der Waals surface area contributed by atoms with Crippen LogP contribution >= 0.6 is 0 Å². The van der Waals surface area contributed by atoms with E-state index in [1.807, 2.05) is 6.07 Å². The first kappa shape index (κ1) is 13.6. The maximum absolute atomic E-state index is 10.6. The molecule has 4 nitrogen and oxygen atoms in total. The summed E-state index contributed by atoms with van der Waals surface area (Å²) in [6, 6.07) is 3.93. The molecular weight excluding hydrogens is 242 g/mol. The maximum atomic E-state index is 10.6. The Morgan fingerprint density at radius 2 is 1.84 bits per heavy atom. The van der Waals surface area contributed by atoms with E-state index in [0.717, 1.165) is 35.5 Å². The molecule has 0 aromatic heterocycles. The van der Waals surface area contributed by atoms with Crippen LogP contribution in [0.1, 0.15) is 43.7 Å². The van der Waals surface area contributed by atoms with Gasteiger partial charge in [-0.05, 0) is 30.4 Å². The van der Waals surface area contributed by atoms with Crippen LogP contribution in [-0.2, 0) is 10.3 Å². The molecule has 0 N–H and O–H groups in total. The van der Waals surface area contributed by atoms with Crippen LogP contribution in [0.2, 0.25) is 0 Å². The van der Waals surface area contributed by atoms with Crippen LogP contribution in [0.25, 0.3) is 0 Å². The number of methoxy groups -OCH3 is 2. The van der Waals surface area contributed by atoms with E-state index in [0.29, 0.717) is 5.92 Å². The molecule has 0 aliphatic heterocycles. The smallest absolute Gasteiger partial charge is 0.235 e. The van der Waals surface area contributed by atoms with Gasteiger partial charge in [-0.3, -0.25) is 0 Å². The molecule has 1 aromatic carbocycles. The Kier molecular flexibility index (Phi) is 3.63. The summed E-state index contributed by atoms with van der Waals surface area (Å²) in [5.74, 6) is 1.86. The third-order valence-corrected chi connectivity index (χ3v) is 3.66. The van der Waals surface area contributed by atoms with Gasteiger partial charge in [0, 0.05) is 11.6 Å². The molecule has 19 heavy (non-hydrogen) atoms. The van der Waals surface area contributed by atoms with E-state index >= 15 is 0 Å². The summed E-state index contributed by atoms with van der Waals surface area (Å²) in [4.78, 5) is 14.6. The van der Waals surface area contributed by atoms with Gasteiger partial charge < -0.3 is 9.47 Å². The molecule has 1 saturated carbocycles. The fourth-order valence-corrected chi connectivity index (χ4v) is 2.39. The first-order valence-electron chi connectivity index (χ1n) is 6.43. The molecule has 1 aromatic rings. The number of hydrogen-bond acceptors (Lipinski definition) is 4. The predicted molar refractivity (Wildman–Crippen MR) is 72.7 cm³/mol. The van der Waals surface area contributed by atoms with Crippen molar-refractivity contribution in [3.8, 4) is 11.5 Å². The number of nitrogens with zero attached hydrogens (tertiary/aromatic N) is 1. The molecule has 1 aliphatic rings. The van der Waals surface area contributed by atoms with Crippen molar-refractivity contribution in [1.82, 2.24) is 0 Å². The van der Waals surface area contributed by atoms with E-state index in [-0.39, 0.29) is 0 Å². The molecule has 2 rings (SSSR count). The van der Waals surface area contributed by atoms with E-state index in [4.69, 9.17) is 9.47 Å². The second-order valence-electron chi connectivity index (χ2n) is 5.18. The van der Waals surface area contributed by atoms with E-state index in [1.165, 1.54) is 0 Å². The van der Waals surface area contributed by atoms with Crippen molar-refractivity contribution < 1.29 is 14.3 Å². The van der Waals surface area contributed by atoms with Gasteiger partial charge in [-0.2, -0.15) is 4.99 Å². The summed E-state index contributed by atoms with van der Waals surface area (Å²) in [6.45, 7) is 4.22. The molecule has 0 bridgehead atoms. The topological polar surface area (TPSA) is 47.9 Å². The normalized spacial score (nSPS) is 15.8. The van der Waals surface area contributed by atoms with Crippen LogP contribution in [-0.4, -0.2) is 20.3 Å². The monoisotopic (exact) mass is 261 g/mol. The molecular formula is C15H19NO3. The van der Waals surface area contributed by atoms with Crippen LogP contribution in [0, 0.1) is 0 Å².